The predicted molar refractivity (Wildman–Crippen MR) is 88.8 cm³/mol. The van der Waals surface area contributed by atoms with E-state index >= 15 is 0 Å². The Bertz CT molecular complexity index is 744. The summed E-state index contributed by atoms with van der Waals surface area (Å²) in [7, 11) is 0. The number of thioether (sulfide) groups is 1. The Labute approximate surface area is 138 Å². The minimum Gasteiger partial charge on any atom is -0.457 e. The average molecular weight is 325 g/mol. The van der Waals surface area contributed by atoms with Crippen LogP contribution in [-0.4, -0.2) is 22.8 Å². The molecule has 2 aromatic rings. The minimum atomic E-state index is -0.449. The first-order valence-electron chi connectivity index (χ1n) is 7.57. The summed E-state index contributed by atoms with van der Waals surface area (Å²) in [6.45, 7) is 0. The highest BCUT2D eigenvalue weighted by Gasteiger charge is 2.35. The number of hydrogen-bond acceptors (Lipinski definition) is 4. The lowest BCUT2D eigenvalue weighted by Gasteiger charge is -2.28. The van der Waals surface area contributed by atoms with Crippen LogP contribution in [0.1, 0.15) is 23.5 Å². The first-order chi connectivity index (χ1) is 11.2. The molecule has 2 heterocycles. The molecule has 0 radical (unpaired) electrons. The van der Waals surface area contributed by atoms with Gasteiger partial charge in [0.15, 0.2) is 0 Å². The van der Waals surface area contributed by atoms with Crippen molar-refractivity contribution in [2.75, 3.05) is 5.75 Å². The number of ether oxygens (including phenoxy) is 1. The smallest absolute Gasteiger partial charge is 0.232 e. The Morgan fingerprint density at radius 1 is 1.04 bits per heavy atom. The zero-order valence-electron chi connectivity index (χ0n) is 12.3. The fourth-order valence-electron chi connectivity index (χ4n) is 3.07. The van der Waals surface area contributed by atoms with E-state index in [9.17, 15) is 9.59 Å². The number of carbonyl (C=O) groups is 2. The lowest BCUT2D eigenvalue weighted by molar-refractivity contribution is -0.125. The summed E-state index contributed by atoms with van der Waals surface area (Å²) in [5, 5.41) is 2.96. The summed E-state index contributed by atoms with van der Waals surface area (Å²) in [6, 6.07) is 14.7. The number of rotatable bonds is 2. The van der Waals surface area contributed by atoms with E-state index in [0.717, 1.165) is 16.9 Å². The fraction of sp³-hybridized carbons (Fsp3) is 0.222. The van der Waals surface area contributed by atoms with Crippen LogP contribution < -0.4 is 10.1 Å². The van der Waals surface area contributed by atoms with Crippen molar-refractivity contribution in [2.45, 2.75) is 18.4 Å². The Morgan fingerprint density at radius 3 is 2.22 bits per heavy atom. The number of para-hydroxylation sites is 2. The van der Waals surface area contributed by atoms with Crippen LogP contribution in [-0.2, 0) is 9.59 Å². The fourth-order valence-corrected chi connectivity index (χ4v) is 4.01. The van der Waals surface area contributed by atoms with E-state index in [-0.39, 0.29) is 17.1 Å². The first kappa shape index (κ1) is 14.3. The number of amides is 1. The summed E-state index contributed by atoms with van der Waals surface area (Å²) >= 11 is 1.29. The van der Waals surface area contributed by atoms with Gasteiger partial charge in [-0.25, -0.2) is 0 Å². The molecule has 116 valence electrons. The maximum atomic E-state index is 12.9. The van der Waals surface area contributed by atoms with E-state index < -0.39 is 5.92 Å². The van der Waals surface area contributed by atoms with Gasteiger partial charge in [-0.15, -0.1) is 0 Å². The molecule has 0 unspecified atom stereocenters. The molecule has 2 aliphatic heterocycles. The lowest BCUT2D eigenvalue weighted by atomic mass is 9.87. The van der Waals surface area contributed by atoms with Crippen LogP contribution in [0, 0.1) is 0 Å². The molecule has 4 nitrogen and oxygen atoms in total. The summed E-state index contributed by atoms with van der Waals surface area (Å²) in [5.41, 5.74) is 1.67. The maximum absolute atomic E-state index is 12.9. The molecule has 5 heteroatoms. The Balaban J connectivity index is 1.72. The number of hydrogen-bond donors (Lipinski definition) is 1. The van der Waals surface area contributed by atoms with Gasteiger partial charge in [-0.2, -0.15) is 0 Å². The second kappa shape index (κ2) is 5.74. The number of benzene rings is 2. The lowest BCUT2D eigenvalue weighted by Crippen LogP contribution is -2.40. The third-order valence-electron chi connectivity index (χ3n) is 4.19. The SMILES string of the molecule is O=C(N[C@H]1CCSC1=O)C1c2ccccc2Oc2ccccc21. The molecule has 23 heavy (non-hydrogen) atoms. The van der Waals surface area contributed by atoms with Crippen LogP contribution in [0.15, 0.2) is 48.5 Å². The molecular weight excluding hydrogens is 310 g/mol. The Kier molecular flexibility index (Phi) is 3.58. The van der Waals surface area contributed by atoms with E-state index in [1.807, 2.05) is 48.5 Å². The molecule has 0 saturated carbocycles. The van der Waals surface area contributed by atoms with Crippen molar-refractivity contribution >= 4 is 22.8 Å². The van der Waals surface area contributed by atoms with E-state index in [2.05, 4.69) is 5.32 Å². The van der Waals surface area contributed by atoms with Crippen molar-refractivity contribution in [3.05, 3.63) is 59.7 Å². The highest BCUT2D eigenvalue weighted by Crippen LogP contribution is 2.44. The molecule has 1 amide bonds. The highest BCUT2D eigenvalue weighted by atomic mass is 32.2. The molecule has 1 atom stereocenters. The zero-order chi connectivity index (χ0) is 15.8. The van der Waals surface area contributed by atoms with Gasteiger partial charge >= 0.3 is 0 Å². The standard InChI is InChI=1S/C18H15NO3S/c20-17(19-13-9-10-23-18(13)21)16-11-5-1-3-7-14(11)22-15-8-4-2-6-12(15)16/h1-8,13,16H,9-10H2,(H,19,20)/t13-/m0/s1. The molecule has 0 bridgehead atoms. The molecule has 1 saturated heterocycles. The normalized spacial score (nSPS) is 19.7. The molecule has 4 rings (SSSR count). The quantitative estimate of drug-likeness (QED) is 0.922. The van der Waals surface area contributed by atoms with Crippen molar-refractivity contribution in [3.8, 4) is 11.5 Å². The molecule has 1 fully saturated rings. The van der Waals surface area contributed by atoms with Crippen LogP contribution in [0.2, 0.25) is 0 Å². The maximum Gasteiger partial charge on any atom is 0.232 e. The van der Waals surface area contributed by atoms with Crippen molar-refractivity contribution in [1.82, 2.24) is 5.32 Å². The van der Waals surface area contributed by atoms with E-state index in [4.69, 9.17) is 4.74 Å². The Morgan fingerprint density at radius 2 is 1.65 bits per heavy atom. The second-order valence-corrected chi connectivity index (χ2v) is 6.73. The van der Waals surface area contributed by atoms with Crippen LogP contribution in [0.25, 0.3) is 0 Å². The highest BCUT2D eigenvalue weighted by molar-refractivity contribution is 8.14. The van der Waals surface area contributed by atoms with Crippen molar-refractivity contribution in [2.24, 2.45) is 0 Å². The van der Waals surface area contributed by atoms with Gasteiger partial charge in [0.05, 0.1) is 12.0 Å². The minimum absolute atomic E-state index is 0.0481. The summed E-state index contributed by atoms with van der Waals surface area (Å²) in [6.07, 6.45) is 0.696. The van der Waals surface area contributed by atoms with Crippen molar-refractivity contribution in [3.63, 3.8) is 0 Å². The predicted octanol–water partition coefficient (Wildman–Crippen LogP) is 3.07. The van der Waals surface area contributed by atoms with Gasteiger partial charge < -0.3 is 10.1 Å². The third-order valence-corrected chi connectivity index (χ3v) is 5.20. The largest absolute Gasteiger partial charge is 0.457 e. The topological polar surface area (TPSA) is 55.4 Å². The summed E-state index contributed by atoms with van der Waals surface area (Å²) in [5.74, 6) is 1.56. The molecule has 1 N–H and O–H groups in total. The van der Waals surface area contributed by atoms with Crippen LogP contribution in [0.4, 0.5) is 0 Å². The van der Waals surface area contributed by atoms with E-state index in [1.54, 1.807) is 0 Å². The van der Waals surface area contributed by atoms with Crippen LogP contribution >= 0.6 is 11.8 Å². The van der Waals surface area contributed by atoms with Gasteiger partial charge in [-0.1, -0.05) is 48.2 Å². The van der Waals surface area contributed by atoms with Gasteiger partial charge in [0.2, 0.25) is 11.0 Å². The van der Waals surface area contributed by atoms with Crippen molar-refractivity contribution < 1.29 is 14.3 Å². The van der Waals surface area contributed by atoms with Gasteiger partial charge in [0.1, 0.15) is 11.5 Å². The molecule has 0 aliphatic carbocycles. The third kappa shape index (κ3) is 2.51. The van der Waals surface area contributed by atoms with Crippen molar-refractivity contribution in [1.29, 1.82) is 0 Å². The zero-order valence-corrected chi connectivity index (χ0v) is 13.1. The molecule has 0 spiro atoms. The van der Waals surface area contributed by atoms with E-state index in [0.29, 0.717) is 17.9 Å². The monoisotopic (exact) mass is 325 g/mol. The van der Waals surface area contributed by atoms with Gasteiger partial charge in [0.25, 0.3) is 0 Å². The number of carbonyl (C=O) groups excluding carboxylic acids is 2. The van der Waals surface area contributed by atoms with Crippen LogP contribution in [0.5, 0.6) is 11.5 Å². The summed E-state index contributed by atoms with van der Waals surface area (Å²) in [4.78, 5) is 24.7. The van der Waals surface area contributed by atoms with E-state index in [1.165, 1.54) is 11.8 Å². The van der Waals surface area contributed by atoms with Crippen LogP contribution in [0.3, 0.4) is 0 Å². The Hall–Kier alpha value is -2.27. The van der Waals surface area contributed by atoms with Gasteiger partial charge in [-0.3, -0.25) is 9.59 Å². The molecule has 0 aromatic heterocycles. The van der Waals surface area contributed by atoms with Gasteiger partial charge in [-0.05, 0) is 18.6 Å². The number of nitrogens with one attached hydrogen (secondary N) is 1. The summed E-state index contributed by atoms with van der Waals surface area (Å²) < 4.78 is 5.90. The van der Waals surface area contributed by atoms with Gasteiger partial charge in [0, 0.05) is 16.9 Å². The average Bonchev–Trinajstić information content (AvgIpc) is 2.97. The molecule has 2 aliphatic rings. The molecular formula is C18H15NO3S. The molecule has 2 aromatic carbocycles. The second-order valence-electron chi connectivity index (χ2n) is 5.63. The number of fused-ring (bicyclic) bond motifs is 2. The first-order valence-corrected chi connectivity index (χ1v) is 8.55.